The minimum Gasteiger partial charge on any atom is -0.338 e. The van der Waals surface area contributed by atoms with Crippen molar-refractivity contribution >= 4 is 35.0 Å². The monoisotopic (exact) mass is 365 g/mol. The summed E-state index contributed by atoms with van der Waals surface area (Å²) in [5, 5.41) is 16.2. The highest BCUT2D eigenvalue weighted by Gasteiger charge is 2.30. The minimum atomic E-state index is -0.453. The van der Waals surface area contributed by atoms with Gasteiger partial charge in [0.1, 0.15) is 0 Å². The van der Waals surface area contributed by atoms with Gasteiger partial charge < -0.3 is 5.32 Å². The largest absolute Gasteiger partial charge is 0.338 e. The van der Waals surface area contributed by atoms with E-state index in [0.717, 1.165) is 35.1 Å². The van der Waals surface area contributed by atoms with Crippen LogP contribution in [0.2, 0.25) is 0 Å². The fourth-order valence-corrected chi connectivity index (χ4v) is 3.70. The fourth-order valence-electron chi connectivity index (χ4n) is 2.19. The average Bonchev–Trinajstić information content (AvgIpc) is 3.10. The van der Waals surface area contributed by atoms with Gasteiger partial charge in [-0.2, -0.15) is 0 Å². The first kappa shape index (κ1) is 17.0. The Morgan fingerprint density at radius 1 is 1.42 bits per heavy atom. The Morgan fingerprint density at radius 2 is 2.25 bits per heavy atom. The third-order valence-electron chi connectivity index (χ3n) is 3.44. The van der Waals surface area contributed by atoms with E-state index in [4.69, 9.17) is 0 Å². The smallest absolute Gasteiger partial charge is 0.321 e. The number of thioether (sulfide) groups is 1. The maximum atomic E-state index is 11.9. The van der Waals surface area contributed by atoms with Crippen LogP contribution in [0.5, 0.6) is 0 Å². The van der Waals surface area contributed by atoms with Crippen LogP contribution in [-0.4, -0.2) is 39.0 Å². The molecule has 1 saturated carbocycles. The van der Waals surface area contributed by atoms with Gasteiger partial charge in [0.05, 0.1) is 10.6 Å². The molecule has 0 aromatic carbocycles. The van der Waals surface area contributed by atoms with Gasteiger partial charge >= 0.3 is 6.03 Å². The molecular weight excluding hydrogens is 346 g/mol. The van der Waals surface area contributed by atoms with E-state index >= 15 is 0 Å². The lowest BCUT2D eigenvalue weighted by atomic mass is 10.4. The number of nitrogens with zero attached hydrogens (tertiary/aromatic N) is 3. The van der Waals surface area contributed by atoms with Crippen molar-refractivity contribution in [2.24, 2.45) is 0 Å². The Morgan fingerprint density at radius 3 is 2.92 bits per heavy atom. The van der Waals surface area contributed by atoms with Crippen LogP contribution in [-0.2, 0) is 4.79 Å². The van der Waals surface area contributed by atoms with E-state index in [-0.39, 0.29) is 11.7 Å². The molecule has 2 N–H and O–H groups in total. The van der Waals surface area contributed by atoms with Crippen molar-refractivity contribution in [3.05, 3.63) is 17.5 Å². The van der Waals surface area contributed by atoms with Crippen LogP contribution >= 0.6 is 23.1 Å². The number of amides is 3. The highest BCUT2D eigenvalue weighted by Crippen LogP contribution is 2.41. The van der Waals surface area contributed by atoms with Gasteiger partial charge in [-0.3, -0.25) is 14.7 Å². The van der Waals surface area contributed by atoms with Gasteiger partial charge in [-0.1, -0.05) is 24.8 Å². The second-order valence-corrected chi connectivity index (χ2v) is 7.37. The van der Waals surface area contributed by atoms with Gasteiger partial charge in [0.15, 0.2) is 11.0 Å². The number of urea groups is 1. The van der Waals surface area contributed by atoms with Gasteiger partial charge in [-0.25, -0.2) is 4.79 Å². The van der Waals surface area contributed by atoms with Crippen LogP contribution in [0.25, 0.3) is 10.7 Å². The zero-order valence-electron chi connectivity index (χ0n) is 13.3. The van der Waals surface area contributed by atoms with Crippen molar-refractivity contribution < 1.29 is 9.59 Å². The summed E-state index contributed by atoms with van der Waals surface area (Å²) < 4.78 is 2.11. The summed E-state index contributed by atoms with van der Waals surface area (Å²) >= 11 is 2.93. The van der Waals surface area contributed by atoms with Crippen LogP contribution < -0.4 is 10.6 Å². The van der Waals surface area contributed by atoms with Gasteiger partial charge in [0, 0.05) is 12.6 Å². The molecule has 0 saturated heterocycles. The Labute approximate surface area is 148 Å². The number of carbonyl (C=O) groups is 2. The molecule has 0 aliphatic heterocycles. The van der Waals surface area contributed by atoms with Crippen molar-refractivity contribution in [3.8, 4) is 10.7 Å². The lowest BCUT2D eigenvalue weighted by molar-refractivity contribution is -0.117. The number of nitrogens with one attached hydrogen (secondary N) is 2. The molecule has 0 atom stereocenters. The predicted molar refractivity (Wildman–Crippen MR) is 94.2 cm³/mol. The summed E-state index contributed by atoms with van der Waals surface area (Å²) in [6.45, 7) is 2.50. The maximum absolute atomic E-state index is 11.9. The van der Waals surface area contributed by atoms with E-state index < -0.39 is 6.03 Å². The van der Waals surface area contributed by atoms with Crippen LogP contribution in [0.3, 0.4) is 0 Å². The fraction of sp³-hybridized carbons (Fsp3) is 0.467. The number of rotatable bonds is 7. The molecule has 9 heteroatoms. The molecule has 2 aromatic rings. The molecule has 2 aromatic heterocycles. The second-order valence-electron chi connectivity index (χ2n) is 5.48. The maximum Gasteiger partial charge on any atom is 0.321 e. The molecule has 1 fully saturated rings. The first-order valence-electron chi connectivity index (χ1n) is 7.88. The molecule has 3 rings (SSSR count). The van der Waals surface area contributed by atoms with Crippen molar-refractivity contribution in [2.75, 3.05) is 12.3 Å². The van der Waals surface area contributed by atoms with Gasteiger partial charge in [0.2, 0.25) is 5.91 Å². The van der Waals surface area contributed by atoms with Crippen molar-refractivity contribution in [1.82, 2.24) is 25.4 Å². The lowest BCUT2D eigenvalue weighted by Crippen LogP contribution is -2.40. The van der Waals surface area contributed by atoms with Gasteiger partial charge in [-0.05, 0) is 30.7 Å². The van der Waals surface area contributed by atoms with Crippen LogP contribution in [0, 0.1) is 0 Å². The number of carbonyl (C=O) groups excluding carboxylic acids is 2. The summed E-state index contributed by atoms with van der Waals surface area (Å²) in [7, 11) is 0. The summed E-state index contributed by atoms with van der Waals surface area (Å²) in [6.07, 6.45) is 3.04. The van der Waals surface area contributed by atoms with E-state index in [0.29, 0.717) is 12.6 Å². The van der Waals surface area contributed by atoms with E-state index in [9.17, 15) is 9.59 Å². The van der Waals surface area contributed by atoms with Gasteiger partial charge in [0.25, 0.3) is 0 Å². The summed E-state index contributed by atoms with van der Waals surface area (Å²) in [4.78, 5) is 24.4. The molecule has 128 valence electrons. The van der Waals surface area contributed by atoms with Crippen molar-refractivity contribution in [1.29, 1.82) is 0 Å². The van der Waals surface area contributed by atoms with Crippen molar-refractivity contribution in [3.63, 3.8) is 0 Å². The topological polar surface area (TPSA) is 88.9 Å². The van der Waals surface area contributed by atoms with Crippen LogP contribution in [0.4, 0.5) is 4.79 Å². The standard InChI is InChI=1S/C15H19N5O2S2/c1-2-7-16-14(22)17-12(21)9-24-15-19-18-13(11-4-3-8-23-11)20(15)10-5-6-10/h3-4,8,10H,2,5-7,9H2,1H3,(H2,16,17,21,22). The highest BCUT2D eigenvalue weighted by molar-refractivity contribution is 7.99. The average molecular weight is 365 g/mol. The van der Waals surface area contributed by atoms with Crippen LogP contribution in [0.1, 0.15) is 32.2 Å². The third-order valence-corrected chi connectivity index (χ3v) is 5.25. The molecule has 0 unspecified atom stereocenters. The molecule has 0 radical (unpaired) electrons. The quantitative estimate of drug-likeness (QED) is 0.737. The van der Waals surface area contributed by atoms with E-state index in [1.165, 1.54) is 11.8 Å². The summed E-state index contributed by atoms with van der Waals surface area (Å²) in [5.41, 5.74) is 0. The molecule has 1 aliphatic rings. The molecule has 2 heterocycles. The van der Waals surface area contributed by atoms with Crippen molar-refractivity contribution in [2.45, 2.75) is 37.4 Å². The Balaban J connectivity index is 1.61. The SMILES string of the molecule is CCCNC(=O)NC(=O)CSc1nnc(-c2cccs2)n1C1CC1. The summed E-state index contributed by atoms with van der Waals surface area (Å²) in [5.74, 6) is 0.655. The highest BCUT2D eigenvalue weighted by atomic mass is 32.2. The first-order chi connectivity index (χ1) is 11.7. The molecule has 24 heavy (non-hydrogen) atoms. The first-order valence-corrected chi connectivity index (χ1v) is 9.74. The molecule has 0 bridgehead atoms. The molecule has 3 amide bonds. The number of thiophene rings is 1. The number of hydrogen-bond donors (Lipinski definition) is 2. The molecule has 7 nitrogen and oxygen atoms in total. The zero-order valence-corrected chi connectivity index (χ0v) is 15.0. The second kappa shape index (κ2) is 7.80. The van der Waals surface area contributed by atoms with Gasteiger partial charge in [-0.15, -0.1) is 21.5 Å². The van der Waals surface area contributed by atoms with E-state index in [1.807, 2.05) is 24.4 Å². The number of imide groups is 1. The Kier molecular flexibility index (Phi) is 5.52. The third kappa shape index (κ3) is 4.15. The van der Waals surface area contributed by atoms with E-state index in [2.05, 4.69) is 25.4 Å². The number of hydrogen-bond acceptors (Lipinski definition) is 6. The normalized spacial score (nSPS) is 13.7. The zero-order chi connectivity index (χ0) is 16.9. The molecular formula is C15H19N5O2S2. The minimum absolute atomic E-state index is 0.134. The predicted octanol–water partition coefficient (Wildman–Crippen LogP) is 2.67. The van der Waals surface area contributed by atoms with E-state index in [1.54, 1.807) is 11.3 Å². The summed E-state index contributed by atoms with van der Waals surface area (Å²) in [6, 6.07) is 3.97. The Hall–Kier alpha value is -1.87. The molecule has 1 aliphatic carbocycles. The van der Waals surface area contributed by atoms with Crippen LogP contribution in [0.15, 0.2) is 22.7 Å². The molecule has 0 spiro atoms. The Bertz CT molecular complexity index is 710. The lowest BCUT2D eigenvalue weighted by Gasteiger charge is -2.08. The number of aromatic nitrogens is 3.